The number of rotatable bonds is 7. The van der Waals surface area contributed by atoms with E-state index >= 15 is 0 Å². The zero-order chi connectivity index (χ0) is 13.6. The molecule has 0 aliphatic carbocycles. The number of unbranched alkanes of at least 4 members (excludes halogenated alkanes) is 1. The van der Waals surface area contributed by atoms with Crippen molar-refractivity contribution in [2.75, 3.05) is 6.54 Å². The van der Waals surface area contributed by atoms with Crippen molar-refractivity contribution < 1.29 is 8.42 Å². The molecule has 18 heavy (non-hydrogen) atoms. The molecular formula is C12H19ClN2O2S. The van der Waals surface area contributed by atoms with Crippen LogP contribution in [0.4, 0.5) is 0 Å². The van der Waals surface area contributed by atoms with Crippen molar-refractivity contribution in [3.63, 3.8) is 0 Å². The fourth-order valence-electron chi connectivity index (χ4n) is 1.52. The van der Waals surface area contributed by atoms with Gasteiger partial charge in [-0.3, -0.25) is 0 Å². The van der Waals surface area contributed by atoms with Crippen molar-refractivity contribution in [3.05, 3.63) is 23.5 Å². The summed E-state index contributed by atoms with van der Waals surface area (Å²) in [5.41, 5.74) is 0. The molecule has 0 bridgehead atoms. The van der Waals surface area contributed by atoms with Gasteiger partial charge in [0.05, 0.1) is 4.90 Å². The van der Waals surface area contributed by atoms with Gasteiger partial charge < -0.3 is 0 Å². The summed E-state index contributed by atoms with van der Waals surface area (Å²) in [4.78, 5) is 3.91. The maximum atomic E-state index is 11.9. The molecule has 1 aromatic heterocycles. The Hall–Kier alpha value is -0.650. The minimum absolute atomic E-state index is 0.159. The van der Waals surface area contributed by atoms with Crippen molar-refractivity contribution in [2.45, 2.75) is 38.0 Å². The number of halogens is 1. The Kier molecular flexibility index (Phi) is 6.05. The first kappa shape index (κ1) is 15.4. The van der Waals surface area contributed by atoms with Crippen LogP contribution < -0.4 is 4.72 Å². The van der Waals surface area contributed by atoms with Crippen molar-refractivity contribution in [1.29, 1.82) is 0 Å². The van der Waals surface area contributed by atoms with Gasteiger partial charge in [-0.05, 0) is 24.5 Å². The third-order valence-electron chi connectivity index (χ3n) is 2.51. The molecular weight excluding hydrogens is 272 g/mol. The molecule has 0 saturated heterocycles. The Morgan fingerprint density at radius 1 is 1.39 bits per heavy atom. The van der Waals surface area contributed by atoms with E-state index < -0.39 is 10.0 Å². The van der Waals surface area contributed by atoms with Gasteiger partial charge >= 0.3 is 0 Å². The lowest BCUT2D eigenvalue weighted by Gasteiger charge is -2.07. The van der Waals surface area contributed by atoms with Crippen LogP contribution >= 0.6 is 11.6 Å². The lowest BCUT2D eigenvalue weighted by atomic mass is 10.1. The SMILES string of the molecule is CC(C)CCCCNS(=O)(=O)c1ccnc(Cl)c1. The Labute approximate surface area is 114 Å². The standard InChI is InChI=1S/C12H19ClN2O2S/c1-10(2)5-3-4-7-15-18(16,17)11-6-8-14-12(13)9-11/h6,8-10,15H,3-5,7H2,1-2H3. The Bertz CT molecular complexity index is 475. The molecule has 0 spiro atoms. The Morgan fingerprint density at radius 3 is 2.72 bits per heavy atom. The summed E-state index contributed by atoms with van der Waals surface area (Å²) in [5, 5.41) is 0.178. The number of nitrogens with one attached hydrogen (secondary N) is 1. The highest BCUT2D eigenvalue weighted by Gasteiger charge is 2.13. The number of nitrogens with zero attached hydrogens (tertiary/aromatic N) is 1. The summed E-state index contributed by atoms with van der Waals surface area (Å²) in [6.45, 7) is 4.77. The molecule has 0 aliphatic heterocycles. The zero-order valence-corrected chi connectivity index (χ0v) is 12.3. The third-order valence-corrected chi connectivity index (χ3v) is 4.17. The van der Waals surface area contributed by atoms with E-state index in [4.69, 9.17) is 11.6 Å². The van der Waals surface area contributed by atoms with Crippen molar-refractivity contribution in [3.8, 4) is 0 Å². The first-order valence-corrected chi connectivity index (χ1v) is 7.89. The lowest BCUT2D eigenvalue weighted by Crippen LogP contribution is -2.24. The minimum atomic E-state index is -3.46. The molecule has 0 aliphatic rings. The molecule has 4 nitrogen and oxygen atoms in total. The maximum absolute atomic E-state index is 11.9. The van der Waals surface area contributed by atoms with Gasteiger partial charge in [0.2, 0.25) is 10.0 Å². The second-order valence-corrected chi connectivity index (χ2v) is 6.76. The molecule has 0 radical (unpaired) electrons. The van der Waals surface area contributed by atoms with Crippen LogP contribution in [0.1, 0.15) is 33.1 Å². The van der Waals surface area contributed by atoms with E-state index in [0.717, 1.165) is 19.3 Å². The molecule has 0 saturated carbocycles. The predicted octanol–water partition coefficient (Wildman–Crippen LogP) is 2.84. The van der Waals surface area contributed by atoms with E-state index in [1.54, 1.807) is 0 Å². The highest BCUT2D eigenvalue weighted by molar-refractivity contribution is 7.89. The normalized spacial score (nSPS) is 12.0. The summed E-state index contributed by atoms with van der Waals surface area (Å²) < 4.78 is 26.3. The minimum Gasteiger partial charge on any atom is -0.244 e. The molecule has 0 unspecified atom stereocenters. The van der Waals surface area contributed by atoms with Crippen LogP contribution in [0, 0.1) is 5.92 Å². The average molecular weight is 291 g/mol. The molecule has 0 amide bonds. The van der Waals surface area contributed by atoms with Crippen LogP contribution in [-0.4, -0.2) is 19.9 Å². The first-order valence-electron chi connectivity index (χ1n) is 6.03. The topological polar surface area (TPSA) is 59.1 Å². The molecule has 0 atom stereocenters. The highest BCUT2D eigenvalue weighted by Crippen LogP contribution is 2.12. The second kappa shape index (κ2) is 7.07. The molecule has 1 N–H and O–H groups in total. The molecule has 1 rings (SSSR count). The van der Waals surface area contributed by atoms with Crippen LogP contribution in [0.25, 0.3) is 0 Å². The fraction of sp³-hybridized carbons (Fsp3) is 0.583. The molecule has 1 heterocycles. The van der Waals surface area contributed by atoms with Crippen molar-refractivity contribution in [2.24, 2.45) is 5.92 Å². The van der Waals surface area contributed by atoms with E-state index in [1.807, 2.05) is 0 Å². The van der Waals surface area contributed by atoms with Crippen LogP contribution in [0.2, 0.25) is 5.15 Å². The highest BCUT2D eigenvalue weighted by atomic mass is 35.5. The number of hydrogen-bond acceptors (Lipinski definition) is 3. The number of hydrogen-bond donors (Lipinski definition) is 1. The fourth-order valence-corrected chi connectivity index (χ4v) is 2.84. The molecule has 0 aromatic carbocycles. The summed E-state index contributed by atoms with van der Waals surface area (Å²) in [6, 6.07) is 2.78. The summed E-state index contributed by atoms with van der Waals surface area (Å²) in [7, 11) is -3.46. The maximum Gasteiger partial charge on any atom is 0.240 e. The van der Waals surface area contributed by atoms with Gasteiger partial charge in [0.15, 0.2) is 0 Å². The summed E-state index contributed by atoms with van der Waals surface area (Å²) >= 11 is 5.67. The molecule has 0 fully saturated rings. The van der Waals surface area contributed by atoms with Crippen LogP contribution in [0.5, 0.6) is 0 Å². The number of pyridine rings is 1. The summed E-state index contributed by atoms with van der Waals surface area (Å²) in [6.07, 6.45) is 4.37. The van der Waals surface area contributed by atoms with Crippen LogP contribution in [0.3, 0.4) is 0 Å². The molecule has 102 valence electrons. The van der Waals surface area contributed by atoms with E-state index in [2.05, 4.69) is 23.6 Å². The van der Waals surface area contributed by atoms with E-state index in [-0.39, 0.29) is 10.0 Å². The zero-order valence-electron chi connectivity index (χ0n) is 10.7. The molecule has 1 aromatic rings. The van der Waals surface area contributed by atoms with E-state index in [1.165, 1.54) is 18.3 Å². The predicted molar refractivity (Wildman–Crippen MR) is 73.1 cm³/mol. The van der Waals surface area contributed by atoms with E-state index in [9.17, 15) is 8.42 Å². The Morgan fingerprint density at radius 2 is 2.11 bits per heavy atom. The van der Waals surface area contributed by atoms with Gasteiger partial charge in [-0.1, -0.05) is 38.3 Å². The Balaban J connectivity index is 2.46. The number of aromatic nitrogens is 1. The first-order chi connectivity index (χ1) is 8.42. The van der Waals surface area contributed by atoms with Crippen molar-refractivity contribution in [1.82, 2.24) is 9.71 Å². The van der Waals surface area contributed by atoms with Gasteiger partial charge in [-0.15, -0.1) is 0 Å². The largest absolute Gasteiger partial charge is 0.244 e. The quantitative estimate of drug-likeness (QED) is 0.620. The second-order valence-electron chi connectivity index (χ2n) is 4.60. The average Bonchev–Trinajstić information content (AvgIpc) is 2.28. The van der Waals surface area contributed by atoms with Gasteiger partial charge in [0, 0.05) is 12.7 Å². The smallest absolute Gasteiger partial charge is 0.240 e. The van der Waals surface area contributed by atoms with Gasteiger partial charge in [0.1, 0.15) is 5.15 Å². The molecule has 6 heteroatoms. The van der Waals surface area contributed by atoms with E-state index in [0.29, 0.717) is 12.5 Å². The lowest BCUT2D eigenvalue weighted by molar-refractivity contribution is 0.530. The van der Waals surface area contributed by atoms with Crippen LogP contribution in [-0.2, 0) is 10.0 Å². The van der Waals surface area contributed by atoms with Gasteiger partial charge in [-0.25, -0.2) is 18.1 Å². The van der Waals surface area contributed by atoms with Gasteiger partial charge in [-0.2, -0.15) is 0 Å². The van der Waals surface area contributed by atoms with Crippen LogP contribution in [0.15, 0.2) is 23.2 Å². The number of sulfonamides is 1. The van der Waals surface area contributed by atoms with Crippen molar-refractivity contribution >= 4 is 21.6 Å². The third kappa shape index (κ3) is 5.33. The van der Waals surface area contributed by atoms with Gasteiger partial charge in [0.25, 0.3) is 0 Å². The monoisotopic (exact) mass is 290 g/mol. The summed E-state index contributed by atoms with van der Waals surface area (Å²) in [5.74, 6) is 0.653.